The molecule has 2 aromatic heterocycles. The van der Waals surface area contributed by atoms with Gasteiger partial charge in [-0.2, -0.15) is 0 Å². The summed E-state index contributed by atoms with van der Waals surface area (Å²) >= 11 is 0. The molecule has 0 saturated carbocycles. The number of para-hydroxylation sites is 6. The maximum Gasteiger partial charge on any atom is 0.159 e. The normalized spacial score (nSPS) is 13.0. The fourth-order valence-corrected chi connectivity index (χ4v) is 14.5. The van der Waals surface area contributed by atoms with E-state index in [1.165, 1.54) is 88.0 Å². The quantitative estimate of drug-likeness (QED) is 0.152. The minimum absolute atomic E-state index is 0.658. The van der Waals surface area contributed by atoms with Crippen LogP contribution in [0.4, 0.5) is 34.1 Å². The van der Waals surface area contributed by atoms with E-state index in [9.17, 15) is 0 Å². The van der Waals surface area contributed by atoms with Gasteiger partial charge in [-0.15, -0.1) is 0 Å². The number of furan rings is 2. The lowest BCUT2D eigenvalue weighted by Crippen LogP contribution is -2.26. The van der Waals surface area contributed by atoms with E-state index in [-0.39, 0.29) is 0 Å². The van der Waals surface area contributed by atoms with Gasteiger partial charge in [0.2, 0.25) is 0 Å². The van der Waals surface area contributed by atoms with Crippen molar-refractivity contribution >= 4 is 110 Å². The third-order valence-corrected chi connectivity index (χ3v) is 17.9. The summed E-state index contributed by atoms with van der Waals surface area (Å²) in [5, 5.41) is 11.8. The van der Waals surface area contributed by atoms with Gasteiger partial charge >= 0.3 is 0 Å². The first kappa shape index (κ1) is 45.8. The molecule has 4 heteroatoms. The van der Waals surface area contributed by atoms with Gasteiger partial charge in [0.1, 0.15) is 11.2 Å². The summed E-state index contributed by atoms with van der Waals surface area (Å²) in [4.78, 5) is 4.75. The highest BCUT2D eigenvalue weighted by molar-refractivity contribution is 6.16. The number of nitrogens with zero attached hydrogens (tertiary/aromatic N) is 2. The average Bonchev–Trinajstić information content (AvgIpc) is 3.42. The van der Waals surface area contributed by atoms with Crippen LogP contribution in [0.15, 0.2) is 264 Å². The molecule has 2 aliphatic rings. The van der Waals surface area contributed by atoms with Crippen molar-refractivity contribution in [2.24, 2.45) is 0 Å². The van der Waals surface area contributed by atoms with Gasteiger partial charge in [-0.3, -0.25) is 0 Å². The Hall–Kier alpha value is -10.2. The molecule has 13 aromatic carbocycles. The molecule has 382 valence electrons. The van der Waals surface area contributed by atoms with Crippen molar-refractivity contribution in [1.29, 1.82) is 0 Å². The maximum absolute atomic E-state index is 6.96. The molecule has 0 fully saturated rings. The zero-order valence-corrected chi connectivity index (χ0v) is 44.9. The summed E-state index contributed by atoms with van der Waals surface area (Å²) in [6, 6.07) is 94.4. The van der Waals surface area contributed by atoms with Gasteiger partial charge in [0.25, 0.3) is 0 Å². The van der Waals surface area contributed by atoms with E-state index < -0.39 is 5.41 Å². The number of benzene rings is 13. The van der Waals surface area contributed by atoms with Gasteiger partial charge in [0, 0.05) is 44.3 Å². The van der Waals surface area contributed by atoms with Gasteiger partial charge in [-0.05, 0) is 161 Å². The topological polar surface area (TPSA) is 32.8 Å². The van der Waals surface area contributed by atoms with Crippen LogP contribution in [0.1, 0.15) is 47.2 Å². The van der Waals surface area contributed by atoms with Crippen LogP contribution in [-0.4, -0.2) is 0 Å². The van der Waals surface area contributed by atoms with Crippen molar-refractivity contribution in [3.8, 4) is 22.3 Å². The average molecular weight is 1040 g/mol. The van der Waals surface area contributed by atoms with Crippen LogP contribution in [0, 0.1) is 0 Å². The SMILES string of the molecule is CCc1cccc2c1oc1c(N(c3ccccc3)c3ccc4c5c(ccc4c3)-c3ccc4cc(N(c6ccccc6)c6cccc7c6oc6c(CC)cccc67)ccc4c3C53c4ccccc4-c4c3ccc3ccccc43)cccc12. The van der Waals surface area contributed by atoms with Gasteiger partial charge in [-0.1, -0.05) is 208 Å². The number of rotatable bonds is 8. The van der Waals surface area contributed by atoms with Crippen LogP contribution in [0.5, 0.6) is 0 Å². The molecule has 0 atom stereocenters. The Labute approximate surface area is 469 Å². The standard InChI is InChI=1S/C77H52N2O2/c1-3-47-20-15-28-61-63-30-17-33-68(75(63)80-73(47)61)78(52-22-7-5-8-23-52)54-38-42-57-50(45-54)35-40-59-60-41-36-51-46-55(79(53-24-9-6-10-25-53)69-34-18-31-64-62-29-16-21-48(4-2)74(62)81-76(64)69)39-43-58(51)72(60)77(71(57)59)66-32-14-13-27-65(66)70-56-26-12-11-19-49(56)37-44-67(70)77/h5-46H,3-4H2,1-2H3. The van der Waals surface area contributed by atoms with Gasteiger partial charge < -0.3 is 18.6 Å². The Kier molecular flexibility index (Phi) is 9.85. The second-order valence-corrected chi connectivity index (χ2v) is 21.9. The molecule has 0 N–H and O–H groups in total. The van der Waals surface area contributed by atoms with E-state index in [1.807, 2.05) is 0 Å². The lowest BCUT2D eigenvalue weighted by Gasteiger charge is -2.33. The van der Waals surface area contributed by atoms with Crippen LogP contribution in [0.25, 0.3) is 98.4 Å². The minimum Gasteiger partial charge on any atom is -0.454 e. The van der Waals surface area contributed by atoms with Crippen molar-refractivity contribution < 1.29 is 8.83 Å². The van der Waals surface area contributed by atoms with Crippen molar-refractivity contribution in [2.75, 3.05) is 9.80 Å². The van der Waals surface area contributed by atoms with Crippen molar-refractivity contribution in [2.45, 2.75) is 32.1 Å². The predicted molar refractivity (Wildman–Crippen MR) is 338 cm³/mol. The summed E-state index contributed by atoms with van der Waals surface area (Å²) in [5.74, 6) is 0. The summed E-state index contributed by atoms with van der Waals surface area (Å²) in [6.07, 6.45) is 1.79. The molecule has 1 spiro atoms. The largest absolute Gasteiger partial charge is 0.454 e. The number of hydrogen-bond donors (Lipinski definition) is 0. The van der Waals surface area contributed by atoms with Crippen LogP contribution >= 0.6 is 0 Å². The smallest absolute Gasteiger partial charge is 0.159 e. The Balaban J connectivity index is 0.910. The second kappa shape index (κ2) is 17.4. The summed E-state index contributed by atoms with van der Waals surface area (Å²) in [5.41, 5.74) is 22.1. The highest BCUT2D eigenvalue weighted by atomic mass is 16.3. The van der Waals surface area contributed by atoms with Crippen LogP contribution in [0.2, 0.25) is 0 Å². The van der Waals surface area contributed by atoms with Crippen LogP contribution in [0.3, 0.4) is 0 Å². The first-order chi connectivity index (χ1) is 40.1. The molecule has 0 unspecified atom stereocenters. The molecule has 17 rings (SSSR count). The Bertz CT molecular complexity index is 4850. The van der Waals surface area contributed by atoms with Crippen LogP contribution < -0.4 is 9.80 Å². The van der Waals surface area contributed by atoms with Gasteiger partial charge in [0.15, 0.2) is 11.2 Å². The highest BCUT2D eigenvalue weighted by Gasteiger charge is 2.53. The molecular weight excluding hydrogens is 985 g/mol. The molecule has 0 bridgehead atoms. The van der Waals surface area contributed by atoms with Crippen molar-refractivity contribution in [3.05, 3.63) is 288 Å². The van der Waals surface area contributed by atoms with Crippen molar-refractivity contribution in [1.82, 2.24) is 0 Å². The molecule has 2 heterocycles. The summed E-state index contributed by atoms with van der Waals surface area (Å²) < 4.78 is 13.9. The van der Waals surface area contributed by atoms with E-state index in [1.54, 1.807) is 0 Å². The predicted octanol–water partition coefficient (Wildman–Crippen LogP) is 21.4. The molecule has 0 aliphatic heterocycles. The minimum atomic E-state index is -0.658. The zero-order chi connectivity index (χ0) is 53.5. The molecule has 81 heavy (non-hydrogen) atoms. The monoisotopic (exact) mass is 1040 g/mol. The lowest BCUT2D eigenvalue weighted by atomic mass is 9.68. The Morgan fingerprint density at radius 3 is 1.31 bits per heavy atom. The van der Waals surface area contributed by atoms with Gasteiger partial charge in [-0.25, -0.2) is 0 Å². The third kappa shape index (κ3) is 6.36. The summed E-state index contributed by atoms with van der Waals surface area (Å²) in [6.45, 7) is 4.40. The van der Waals surface area contributed by atoms with E-state index in [4.69, 9.17) is 8.83 Å². The number of hydrogen-bond acceptors (Lipinski definition) is 4. The molecule has 15 aromatic rings. The Morgan fingerprint density at radius 1 is 0.309 bits per heavy atom. The first-order valence-corrected chi connectivity index (χ1v) is 28.4. The maximum atomic E-state index is 6.96. The molecule has 0 saturated heterocycles. The number of anilines is 6. The zero-order valence-electron chi connectivity index (χ0n) is 44.9. The van der Waals surface area contributed by atoms with E-state index in [2.05, 4.69) is 278 Å². The van der Waals surface area contributed by atoms with E-state index >= 15 is 0 Å². The fourth-order valence-electron chi connectivity index (χ4n) is 14.5. The molecular formula is C77H52N2O2. The van der Waals surface area contributed by atoms with E-state index in [0.717, 1.165) is 90.8 Å². The van der Waals surface area contributed by atoms with E-state index in [0.29, 0.717) is 0 Å². The highest BCUT2D eigenvalue weighted by Crippen LogP contribution is 2.66. The number of aryl methyl sites for hydroxylation is 2. The fraction of sp³-hybridized carbons (Fsp3) is 0.0649. The molecule has 0 radical (unpaired) electrons. The Morgan fingerprint density at radius 2 is 0.765 bits per heavy atom. The number of fused-ring (bicyclic) bond motifs is 22. The van der Waals surface area contributed by atoms with Crippen LogP contribution in [-0.2, 0) is 18.3 Å². The first-order valence-electron chi connectivity index (χ1n) is 28.4. The van der Waals surface area contributed by atoms with Crippen molar-refractivity contribution in [3.63, 3.8) is 0 Å². The third-order valence-electron chi connectivity index (χ3n) is 17.9. The van der Waals surface area contributed by atoms with Gasteiger partial charge in [0.05, 0.1) is 16.8 Å². The molecule has 4 nitrogen and oxygen atoms in total. The molecule has 0 amide bonds. The molecule has 2 aliphatic carbocycles. The summed E-state index contributed by atoms with van der Waals surface area (Å²) in [7, 11) is 0. The second-order valence-electron chi connectivity index (χ2n) is 21.9. The lowest BCUT2D eigenvalue weighted by molar-refractivity contribution is 0.663.